The summed E-state index contributed by atoms with van der Waals surface area (Å²) in [6, 6.07) is 1.53. The lowest BCUT2D eigenvalue weighted by molar-refractivity contribution is -0.140. The monoisotopic (exact) mass is 362 g/mol. The maximum atomic E-state index is 13.2. The van der Waals surface area contributed by atoms with Gasteiger partial charge in [-0.15, -0.1) is 0 Å². The van der Waals surface area contributed by atoms with Gasteiger partial charge in [-0.3, -0.25) is 4.79 Å². The molecule has 0 aliphatic heterocycles. The summed E-state index contributed by atoms with van der Waals surface area (Å²) in [6.45, 7) is 0. The summed E-state index contributed by atoms with van der Waals surface area (Å²) in [6.07, 6.45) is -4.79. The van der Waals surface area contributed by atoms with Crippen molar-refractivity contribution in [3.63, 3.8) is 0 Å². The van der Waals surface area contributed by atoms with Crippen LogP contribution < -0.4 is 0 Å². The van der Waals surface area contributed by atoms with E-state index in [1.165, 1.54) is 0 Å². The first kappa shape index (κ1) is 13.6. The molecule has 0 fully saturated rings. The van der Waals surface area contributed by atoms with E-state index in [1.807, 2.05) is 0 Å². The zero-order valence-corrected chi connectivity index (χ0v) is 10.7. The summed E-state index contributed by atoms with van der Waals surface area (Å²) in [4.78, 5) is 11.2. The fourth-order valence-corrected chi connectivity index (χ4v) is 2.07. The van der Waals surface area contributed by atoms with Crippen molar-refractivity contribution in [1.29, 1.82) is 0 Å². The van der Waals surface area contributed by atoms with E-state index >= 15 is 0 Å². The largest absolute Gasteiger partial charge is 0.420 e. The Morgan fingerprint density at radius 3 is 2.25 bits per heavy atom. The van der Waals surface area contributed by atoms with E-state index in [1.54, 1.807) is 0 Å². The number of Topliss-reactive ketones (excluding diaryl/α,β-unsaturated/α-hetero) is 1. The van der Waals surface area contributed by atoms with E-state index in [0.29, 0.717) is 6.07 Å². The molecule has 0 aromatic heterocycles. The Labute approximate surface area is 105 Å². The summed E-state index contributed by atoms with van der Waals surface area (Å²) in [7, 11) is 0. The van der Waals surface area contributed by atoms with Crippen LogP contribution in [0.3, 0.4) is 0 Å². The molecule has 88 valence electrons. The Bertz CT molecular complexity index is 405. The molecule has 1 aromatic rings. The number of halogens is 6. The van der Waals surface area contributed by atoms with Gasteiger partial charge in [0.25, 0.3) is 0 Å². The van der Waals surface area contributed by atoms with Crippen molar-refractivity contribution in [3.05, 3.63) is 33.5 Å². The third-order valence-electron chi connectivity index (χ3n) is 1.77. The molecule has 7 heteroatoms. The van der Waals surface area contributed by atoms with Crippen LogP contribution in [0.2, 0.25) is 0 Å². The topological polar surface area (TPSA) is 17.1 Å². The summed E-state index contributed by atoms with van der Waals surface area (Å²) in [5.41, 5.74) is -1.52. The lowest BCUT2D eigenvalue weighted by atomic mass is 10.1. The van der Waals surface area contributed by atoms with Crippen molar-refractivity contribution >= 4 is 37.6 Å². The van der Waals surface area contributed by atoms with Crippen LogP contribution in [0.1, 0.15) is 15.9 Å². The number of alkyl halides is 4. The summed E-state index contributed by atoms with van der Waals surface area (Å²) in [5.74, 6) is -1.96. The molecule has 0 aliphatic carbocycles. The number of ketones is 1. The smallest absolute Gasteiger partial charge is 0.293 e. The highest BCUT2D eigenvalue weighted by Crippen LogP contribution is 2.37. The maximum Gasteiger partial charge on any atom is 0.420 e. The molecule has 1 rings (SSSR count). The minimum Gasteiger partial charge on any atom is -0.293 e. The van der Waals surface area contributed by atoms with Crippen LogP contribution in [0.25, 0.3) is 0 Å². The third kappa shape index (κ3) is 2.82. The third-order valence-corrected chi connectivity index (χ3v) is 2.90. The Hall–Kier alpha value is -0.430. The minimum atomic E-state index is -4.79. The van der Waals surface area contributed by atoms with E-state index in [4.69, 9.17) is 0 Å². The SMILES string of the molecule is O=C(CBr)c1cc(F)c(C(F)(F)F)c(Br)c1. The molecule has 0 unspecified atom stereocenters. The van der Waals surface area contributed by atoms with Gasteiger partial charge >= 0.3 is 6.18 Å². The second-order valence-corrected chi connectivity index (χ2v) is 4.28. The molecule has 0 bridgehead atoms. The molecule has 0 saturated carbocycles. The molecular weight excluding hydrogens is 360 g/mol. The van der Waals surface area contributed by atoms with Crippen LogP contribution in [0.5, 0.6) is 0 Å². The summed E-state index contributed by atoms with van der Waals surface area (Å²) < 4.78 is 49.8. The summed E-state index contributed by atoms with van der Waals surface area (Å²) >= 11 is 5.45. The lowest BCUT2D eigenvalue weighted by Crippen LogP contribution is -2.11. The Morgan fingerprint density at radius 2 is 1.88 bits per heavy atom. The number of carbonyl (C=O) groups excluding carboxylic acids is 1. The number of carbonyl (C=O) groups is 1. The fraction of sp³-hybridized carbons (Fsp3) is 0.222. The van der Waals surface area contributed by atoms with E-state index in [9.17, 15) is 22.4 Å². The van der Waals surface area contributed by atoms with Gasteiger partial charge in [0.2, 0.25) is 0 Å². The van der Waals surface area contributed by atoms with Gasteiger partial charge in [-0.2, -0.15) is 13.2 Å². The molecule has 0 atom stereocenters. The van der Waals surface area contributed by atoms with E-state index in [-0.39, 0.29) is 10.9 Å². The Morgan fingerprint density at radius 1 is 1.31 bits per heavy atom. The molecule has 16 heavy (non-hydrogen) atoms. The van der Waals surface area contributed by atoms with Crippen LogP contribution in [0.15, 0.2) is 16.6 Å². The van der Waals surface area contributed by atoms with Gasteiger partial charge in [0.15, 0.2) is 5.78 Å². The Kier molecular flexibility index (Phi) is 4.12. The van der Waals surface area contributed by atoms with Crippen molar-refractivity contribution in [2.75, 3.05) is 5.33 Å². The highest BCUT2D eigenvalue weighted by Gasteiger charge is 2.37. The van der Waals surface area contributed by atoms with Crippen LogP contribution in [0, 0.1) is 5.82 Å². The maximum absolute atomic E-state index is 13.2. The second-order valence-electron chi connectivity index (χ2n) is 2.87. The predicted molar refractivity (Wildman–Crippen MR) is 57.2 cm³/mol. The summed E-state index contributed by atoms with van der Waals surface area (Å²) in [5, 5.41) is -0.0791. The molecule has 0 aliphatic rings. The normalized spacial score (nSPS) is 11.6. The first-order chi connectivity index (χ1) is 7.27. The van der Waals surface area contributed by atoms with Gasteiger partial charge in [0.05, 0.1) is 5.33 Å². The zero-order valence-electron chi connectivity index (χ0n) is 7.54. The highest BCUT2D eigenvalue weighted by molar-refractivity contribution is 9.10. The number of benzene rings is 1. The molecule has 0 saturated heterocycles. The van der Waals surface area contributed by atoms with Gasteiger partial charge in [0, 0.05) is 10.0 Å². The van der Waals surface area contributed by atoms with E-state index in [0.717, 1.165) is 6.07 Å². The molecule has 0 N–H and O–H groups in total. The van der Waals surface area contributed by atoms with E-state index < -0.39 is 27.8 Å². The molecule has 0 radical (unpaired) electrons. The molecule has 1 nitrogen and oxygen atoms in total. The number of hydrogen-bond acceptors (Lipinski definition) is 1. The highest BCUT2D eigenvalue weighted by atomic mass is 79.9. The number of rotatable bonds is 2. The van der Waals surface area contributed by atoms with Gasteiger partial charge in [0.1, 0.15) is 11.4 Å². The van der Waals surface area contributed by atoms with Crippen molar-refractivity contribution in [2.45, 2.75) is 6.18 Å². The second kappa shape index (κ2) is 4.83. The molecule has 1 aromatic carbocycles. The van der Waals surface area contributed by atoms with Gasteiger partial charge in [-0.1, -0.05) is 31.9 Å². The van der Waals surface area contributed by atoms with Crippen molar-refractivity contribution < 1.29 is 22.4 Å². The average Bonchev–Trinajstić information content (AvgIpc) is 2.13. The molecule has 0 spiro atoms. The molecular formula is C9H4Br2F4O. The van der Waals surface area contributed by atoms with Crippen molar-refractivity contribution in [2.24, 2.45) is 0 Å². The fourth-order valence-electron chi connectivity index (χ4n) is 1.08. The zero-order chi connectivity index (χ0) is 12.5. The molecule has 0 amide bonds. The average molecular weight is 364 g/mol. The first-order valence-electron chi connectivity index (χ1n) is 3.92. The minimum absolute atomic E-state index is 0.0791. The van der Waals surface area contributed by atoms with Crippen molar-refractivity contribution in [1.82, 2.24) is 0 Å². The first-order valence-corrected chi connectivity index (χ1v) is 5.84. The van der Waals surface area contributed by atoms with Gasteiger partial charge in [-0.25, -0.2) is 4.39 Å². The van der Waals surface area contributed by atoms with Crippen LogP contribution in [-0.4, -0.2) is 11.1 Å². The van der Waals surface area contributed by atoms with Crippen LogP contribution in [0.4, 0.5) is 17.6 Å². The standard InChI is InChI=1S/C9H4Br2F4O/c10-3-7(16)4-1-5(11)8(6(12)2-4)9(13,14)15/h1-2H,3H2. The van der Waals surface area contributed by atoms with Gasteiger partial charge < -0.3 is 0 Å². The predicted octanol–water partition coefficient (Wildman–Crippen LogP) is 4.18. The Balaban J connectivity index is 3.34. The lowest BCUT2D eigenvalue weighted by Gasteiger charge is -2.11. The van der Waals surface area contributed by atoms with E-state index in [2.05, 4.69) is 31.9 Å². The van der Waals surface area contributed by atoms with Crippen molar-refractivity contribution in [3.8, 4) is 0 Å². The van der Waals surface area contributed by atoms with Gasteiger partial charge in [-0.05, 0) is 12.1 Å². The van der Waals surface area contributed by atoms with Crippen LogP contribution >= 0.6 is 31.9 Å². The molecule has 0 heterocycles. The van der Waals surface area contributed by atoms with Crippen LogP contribution in [-0.2, 0) is 6.18 Å². The number of hydrogen-bond donors (Lipinski definition) is 0. The quantitative estimate of drug-likeness (QED) is 0.437.